The van der Waals surface area contributed by atoms with Crippen LogP contribution in [0.2, 0.25) is 0 Å². The molecule has 1 N–H and O–H groups in total. The zero-order valence-corrected chi connectivity index (χ0v) is 12.2. The first kappa shape index (κ1) is 14.9. The van der Waals surface area contributed by atoms with Gasteiger partial charge in [0.1, 0.15) is 4.88 Å². The Kier molecular flexibility index (Phi) is 4.18. The van der Waals surface area contributed by atoms with Crippen molar-refractivity contribution in [1.29, 1.82) is 0 Å². The highest BCUT2D eigenvalue weighted by Crippen LogP contribution is 2.24. The molecule has 0 fully saturated rings. The molecule has 0 bridgehead atoms. The molecule has 1 aromatic heterocycles. The number of thiazole rings is 1. The summed E-state index contributed by atoms with van der Waals surface area (Å²) in [4.78, 5) is 26.0. The molecule has 0 saturated heterocycles. The fourth-order valence-corrected chi connectivity index (χ4v) is 2.63. The third-order valence-electron chi connectivity index (χ3n) is 2.73. The summed E-state index contributed by atoms with van der Waals surface area (Å²) < 4.78 is 1.26. The van der Waals surface area contributed by atoms with Gasteiger partial charge in [0, 0.05) is 18.2 Å². The molecule has 21 heavy (non-hydrogen) atoms. The first-order valence-corrected chi connectivity index (χ1v) is 6.94. The largest absolute Gasteiger partial charge is 0.493 e. The number of aliphatic imine (C=N–C) groups is 1. The van der Waals surface area contributed by atoms with Crippen molar-refractivity contribution in [1.82, 2.24) is 4.57 Å². The summed E-state index contributed by atoms with van der Waals surface area (Å²) >= 11 is 0.873. The molecule has 8 heteroatoms. The third-order valence-corrected chi connectivity index (χ3v) is 3.61. The Labute approximate surface area is 124 Å². The lowest BCUT2D eigenvalue weighted by Crippen LogP contribution is -2.14. The van der Waals surface area contributed by atoms with Gasteiger partial charge in [-0.1, -0.05) is 17.4 Å². The standard InChI is InChI=1S/C13H13N3O4S/c1-8(2)15-12(17)11(21-13(15)18)7-14-9-4-3-5-10(6-9)16(19)20/h3-8,17H,1-2H3. The molecule has 0 aliphatic carbocycles. The second kappa shape index (κ2) is 5.88. The van der Waals surface area contributed by atoms with Gasteiger partial charge >= 0.3 is 4.87 Å². The lowest BCUT2D eigenvalue weighted by Gasteiger charge is -2.05. The molecule has 0 aliphatic rings. The molecule has 0 atom stereocenters. The maximum atomic E-state index is 11.7. The molecule has 0 saturated carbocycles. The number of hydrogen-bond acceptors (Lipinski definition) is 6. The van der Waals surface area contributed by atoms with Crippen molar-refractivity contribution in [2.75, 3.05) is 0 Å². The Morgan fingerprint density at radius 1 is 1.48 bits per heavy atom. The summed E-state index contributed by atoms with van der Waals surface area (Å²) in [5.41, 5.74) is 0.308. The summed E-state index contributed by atoms with van der Waals surface area (Å²) in [5.74, 6) is -0.144. The van der Waals surface area contributed by atoms with E-state index in [0.717, 1.165) is 11.3 Å². The molecule has 110 valence electrons. The van der Waals surface area contributed by atoms with Crippen LogP contribution in [0, 0.1) is 10.1 Å². The van der Waals surface area contributed by atoms with Gasteiger partial charge in [0.15, 0.2) is 0 Å². The van der Waals surface area contributed by atoms with Gasteiger partial charge in [0.25, 0.3) is 5.69 Å². The van der Waals surface area contributed by atoms with Crippen LogP contribution in [-0.2, 0) is 0 Å². The van der Waals surface area contributed by atoms with E-state index in [2.05, 4.69) is 4.99 Å². The van der Waals surface area contributed by atoms with E-state index in [1.54, 1.807) is 19.9 Å². The predicted octanol–water partition coefficient (Wildman–Crippen LogP) is 2.86. The minimum atomic E-state index is -0.510. The molecule has 1 aromatic carbocycles. The molecule has 0 unspecified atom stereocenters. The van der Waals surface area contributed by atoms with Crippen molar-refractivity contribution in [2.24, 2.45) is 4.99 Å². The van der Waals surface area contributed by atoms with Crippen LogP contribution in [0.15, 0.2) is 34.1 Å². The van der Waals surface area contributed by atoms with Crippen molar-refractivity contribution in [3.8, 4) is 5.88 Å². The maximum absolute atomic E-state index is 11.7. The number of rotatable bonds is 4. The summed E-state index contributed by atoms with van der Waals surface area (Å²) in [6.45, 7) is 3.57. The first-order valence-electron chi connectivity index (χ1n) is 6.13. The number of nitrogens with zero attached hydrogens (tertiary/aromatic N) is 3. The van der Waals surface area contributed by atoms with Gasteiger partial charge in [0.2, 0.25) is 5.88 Å². The Hall–Kier alpha value is -2.48. The van der Waals surface area contributed by atoms with Crippen molar-refractivity contribution in [3.63, 3.8) is 0 Å². The van der Waals surface area contributed by atoms with Gasteiger partial charge in [-0.2, -0.15) is 0 Å². The van der Waals surface area contributed by atoms with E-state index < -0.39 is 4.92 Å². The van der Waals surface area contributed by atoms with Crippen molar-refractivity contribution >= 4 is 28.9 Å². The minimum Gasteiger partial charge on any atom is -0.493 e. The summed E-state index contributed by atoms with van der Waals surface area (Å²) in [6, 6.07) is 5.64. The van der Waals surface area contributed by atoms with Crippen LogP contribution < -0.4 is 4.87 Å². The molecule has 7 nitrogen and oxygen atoms in total. The van der Waals surface area contributed by atoms with Crippen LogP contribution in [0.4, 0.5) is 11.4 Å². The number of aromatic nitrogens is 1. The predicted molar refractivity (Wildman–Crippen MR) is 81.0 cm³/mol. The summed E-state index contributed by atoms with van der Waals surface area (Å²) in [5, 5.41) is 20.7. The fraction of sp³-hybridized carbons (Fsp3) is 0.231. The molecule has 0 radical (unpaired) electrons. The molecular weight excluding hydrogens is 294 g/mol. The third kappa shape index (κ3) is 3.16. The Bertz CT molecular complexity index is 761. The fourth-order valence-electron chi connectivity index (χ4n) is 1.75. The normalized spacial score (nSPS) is 11.4. The van der Waals surface area contributed by atoms with Crippen LogP contribution in [0.1, 0.15) is 24.8 Å². The maximum Gasteiger partial charge on any atom is 0.310 e. The van der Waals surface area contributed by atoms with E-state index in [4.69, 9.17) is 0 Å². The molecule has 2 rings (SSSR count). The lowest BCUT2D eigenvalue weighted by atomic mass is 10.3. The van der Waals surface area contributed by atoms with Crippen molar-refractivity contribution < 1.29 is 10.0 Å². The second-order valence-electron chi connectivity index (χ2n) is 4.55. The number of nitro benzene ring substituents is 1. The van der Waals surface area contributed by atoms with E-state index in [-0.39, 0.29) is 22.5 Å². The van der Waals surface area contributed by atoms with Crippen molar-refractivity contribution in [2.45, 2.75) is 19.9 Å². The highest BCUT2D eigenvalue weighted by molar-refractivity contribution is 7.11. The average Bonchev–Trinajstić information content (AvgIpc) is 2.71. The van der Waals surface area contributed by atoms with Gasteiger partial charge in [-0.3, -0.25) is 24.5 Å². The van der Waals surface area contributed by atoms with Crippen LogP contribution in [0.25, 0.3) is 0 Å². The molecule has 0 spiro atoms. The van der Waals surface area contributed by atoms with Gasteiger partial charge in [-0.25, -0.2) is 0 Å². The van der Waals surface area contributed by atoms with E-state index in [0.29, 0.717) is 10.6 Å². The zero-order valence-electron chi connectivity index (χ0n) is 11.4. The molecule has 1 heterocycles. The van der Waals surface area contributed by atoms with Crippen LogP contribution in [0.5, 0.6) is 5.88 Å². The van der Waals surface area contributed by atoms with Crippen LogP contribution >= 0.6 is 11.3 Å². The molecular formula is C13H13N3O4S. The van der Waals surface area contributed by atoms with E-state index in [1.165, 1.54) is 29.0 Å². The highest BCUT2D eigenvalue weighted by Gasteiger charge is 2.14. The van der Waals surface area contributed by atoms with Crippen LogP contribution in [0.3, 0.4) is 0 Å². The van der Waals surface area contributed by atoms with Crippen LogP contribution in [-0.4, -0.2) is 20.8 Å². The van der Waals surface area contributed by atoms with E-state index >= 15 is 0 Å². The van der Waals surface area contributed by atoms with Gasteiger partial charge in [-0.15, -0.1) is 0 Å². The van der Waals surface area contributed by atoms with E-state index in [9.17, 15) is 20.0 Å². The van der Waals surface area contributed by atoms with Gasteiger partial charge in [-0.05, 0) is 19.9 Å². The quantitative estimate of drug-likeness (QED) is 0.533. The molecule has 0 amide bonds. The number of nitro groups is 1. The summed E-state index contributed by atoms with van der Waals surface area (Å²) in [7, 11) is 0. The smallest absolute Gasteiger partial charge is 0.310 e. The Balaban J connectivity index is 2.34. The SMILES string of the molecule is CC(C)n1c(O)c(C=Nc2cccc([N+](=O)[O-])c2)sc1=O. The highest BCUT2D eigenvalue weighted by atomic mass is 32.1. The lowest BCUT2D eigenvalue weighted by molar-refractivity contribution is -0.384. The van der Waals surface area contributed by atoms with E-state index in [1.807, 2.05) is 0 Å². The summed E-state index contributed by atoms with van der Waals surface area (Å²) in [6.07, 6.45) is 1.33. The zero-order chi connectivity index (χ0) is 15.6. The Morgan fingerprint density at radius 2 is 2.19 bits per heavy atom. The minimum absolute atomic E-state index is 0.0678. The number of hydrogen-bond donors (Lipinski definition) is 1. The van der Waals surface area contributed by atoms with Gasteiger partial charge in [0.05, 0.1) is 16.8 Å². The number of non-ortho nitro benzene ring substituents is 1. The second-order valence-corrected chi connectivity index (χ2v) is 5.55. The van der Waals surface area contributed by atoms with Gasteiger partial charge < -0.3 is 5.11 Å². The monoisotopic (exact) mass is 307 g/mol. The molecule has 0 aliphatic heterocycles. The Morgan fingerprint density at radius 3 is 2.76 bits per heavy atom. The number of aromatic hydroxyl groups is 1. The first-order chi connectivity index (χ1) is 9.90. The topological polar surface area (TPSA) is 97.7 Å². The van der Waals surface area contributed by atoms with Crippen molar-refractivity contribution in [3.05, 3.63) is 48.9 Å². The average molecular weight is 307 g/mol. The number of benzene rings is 1. The molecule has 2 aromatic rings.